The highest BCUT2D eigenvalue weighted by molar-refractivity contribution is 7.11. The maximum atomic E-state index is 5.53. The molecule has 0 radical (unpaired) electrons. The second-order valence-electron chi connectivity index (χ2n) is 7.24. The van der Waals surface area contributed by atoms with E-state index in [0.29, 0.717) is 0 Å². The van der Waals surface area contributed by atoms with E-state index in [9.17, 15) is 0 Å². The van der Waals surface area contributed by atoms with Gasteiger partial charge in [-0.15, -0.1) is 11.3 Å². The number of hydrogen-bond acceptors (Lipinski definition) is 6. The van der Waals surface area contributed by atoms with Gasteiger partial charge in [0.2, 0.25) is 0 Å². The van der Waals surface area contributed by atoms with Crippen LogP contribution in [-0.2, 0) is 19.4 Å². The molecule has 1 aromatic heterocycles. The van der Waals surface area contributed by atoms with Crippen LogP contribution in [0.25, 0.3) is 0 Å². The molecule has 1 saturated heterocycles. The van der Waals surface area contributed by atoms with Gasteiger partial charge >= 0.3 is 0 Å². The molecular weight excluding hydrogens is 398 g/mol. The molecule has 1 fully saturated rings. The number of guanidine groups is 1. The molecule has 0 aliphatic carbocycles. The van der Waals surface area contributed by atoms with Gasteiger partial charge in [-0.1, -0.05) is 6.92 Å². The SMILES string of the molecule is CCc1cnc(CCNC(=NC)N2CCN(Cc3cc(OC)ccc3OC)CC2)s1. The number of rotatable bonds is 8. The molecule has 1 aliphatic heterocycles. The average Bonchev–Trinajstić information content (AvgIpc) is 3.25. The van der Waals surface area contributed by atoms with Crippen LogP contribution in [0, 0.1) is 0 Å². The third-order valence-electron chi connectivity index (χ3n) is 5.34. The number of piperazine rings is 1. The van der Waals surface area contributed by atoms with E-state index in [0.717, 1.165) is 75.1 Å². The van der Waals surface area contributed by atoms with E-state index in [1.54, 1.807) is 25.6 Å². The first kappa shape index (κ1) is 22.4. The van der Waals surface area contributed by atoms with E-state index < -0.39 is 0 Å². The van der Waals surface area contributed by atoms with Gasteiger partial charge in [-0.05, 0) is 24.6 Å². The van der Waals surface area contributed by atoms with Crippen LogP contribution < -0.4 is 14.8 Å². The number of aliphatic imine (C=N–C) groups is 1. The highest BCUT2D eigenvalue weighted by Gasteiger charge is 2.20. The summed E-state index contributed by atoms with van der Waals surface area (Å²) in [7, 11) is 5.27. The lowest BCUT2D eigenvalue weighted by molar-refractivity contribution is 0.171. The van der Waals surface area contributed by atoms with Crippen molar-refractivity contribution >= 4 is 17.3 Å². The molecule has 30 heavy (non-hydrogen) atoms. The van der Waals surface area contributed by atoms with Crippen molar-refractivity contribution in [1.29, 1.82) is 0 Å². The van der Waals surface area contributed by atoms with E-state index in [1.807, 2.05) is 25.4 Å². The molecule has 1 N–H and O–H groups in total. The van der Waals surface area contributed by atoms with Crippen molar-refractivity contribution in [3.63, 3.8) is 0 Å². The molecule has 164 valence electrons. The van der Waals surface area contributed by atoms with Crippen molar-refractivity contribution in [2.75, 3.05) is 54.0 Å². The minimum Gasteiger partial charge on any atom is -0.497 e. The van der Waals surface area contributed by atoms with Crippen molar-refractivity contribution in [3.05, 3.63) is 39.8 Å². The van der Waals surface area contributed by atoms with Crippen LogP contribution >= 0.6 is 11.3 Å². The van der Waals surface area contributed by atoms with E-state index >= 15 is 0 Å². The Kier molecular flexibility index (Phi) is 8.33. The molecule has 0 spiro atoms. The maximum absolute atomic E-state index is 5.53. The highest BCUT2D eigenvalue weighted by Crippen LogP contribution is 2.25. The maximum Gasteiger partial charge on any atom is 0.193 e. The lowest BCUT2D eigenvalue weighted by atomic mass is 10.1. The first-order chi connectivity index (χ1) is 14.7. The second-order valence-corrected chi connectivity index (χ2v) is 8.44. The topological polar surface area (TPSA) is 62.2 Å². The molecule has 0 atom stereocenters. The van der Waals surface area contributed by atoms with Gasteiger partial charge in [-0.25, -0.2) is 4.98 Å². The Morgan fingerprint density at radius 1 is 1.20 bits per heavy atom. The van der Waals surface area contributed by atoms with Crippen molar-refractivity contribution in [1.82, 2.24) is 20.1 Å². The van der Waals surface area contributed by atoms with Gasteiger partial charge in [0.1, 0.15) is 11.5 Å². The van der Waals surface area contributed by atoms with Gasteiger partial charge in [0, 0.05) is 69.4 Å². The molecule has 0 unspecified atom stereocenters. The number of thiazole rings is 1. The van der Waals surface area contributed by atoms with Crippen molar-refractivity contribution in [3.8, 4) is 11.5 Å². The van der Waals surface area contributed by atoms with Gasteiger partial charge in [-0.3, -0.25) is 9.89 Å². The summed E-state index contributed by atoms with van der Waals surface area (Å²) in [5.41, 5.74) is 1.16. The lowest BCUT2D eigenvalue weighted by Crippen LogP contribution is -2.52. The first-order valence-corrected chi connectivity index (χ1v) is 11.3. The van der Waals surface area contributed by atoms with E-state index in [1.165, 1.54) is 9.88 Å². The summed E-state index contributed by atoms with van der Waals surface area (Å²) in [6, 6.07) is 5.97. The van der Waals surface area contributed by atoms with Gasteiger partial charge < -0.3 is 19.7 Å². The fourth-order valence-electron chi connectivity index (χ4n) is 3.60. The van der Waals surface area contributed by atoms with Crippen LogP contribution in [-0.4, -0.2) is 74.7 Å². The molecule has 3 rings (SSSR count). The Balaban J connectivity index is 1.48. The number of benzene rings is 1. The number of ether oxygens (including phenoxy) is 2. The van der Waals surface area contributed by atoms with E-state index in [4.69, 9.17) is 9.47 Å². The van der Waals surface area contributed by atoms with Crippen LogP contribution in [0.2, 0.25) is 0 Å². The molecule has 0 bridgehead atoms. The zero-order chi connectivity index (χ0) is 21.3. The third-order valence-corrected chi connectivity index (χ3v) is 6.54. The number of aryl methyl sites for hydroxylation is 1. The number of aromatic nitrogens is 1. The van der Waals surface area contributed by atoms with Gasteiger partial charge in [-0.2, -0.15) is 0 Å². The zero-order valence-corrected chi connectivity index (χ0v) is 19.3. The molecule has 1 aliphatic rings. The predicted octanol–water partition coefficient (Wildman–Crippen LogP) is 2.66. The Morgan fingerprint density at radius 2 is 2.00 bits per heavy atom. The number of hydrogen-bond donors (Lipinski definition) is 1. The van der Waals surface area contributed by atoms with Gasteiger partial charge in [0.05, 0.1) is 19.2 Å². The highest BCUT2D eigenvalue weighted by atomic mass is 32.1. The molecule has 8 heteroatoms. The Labute approximate surface area is 183 Å². The fraction of sp³-hybridized carbons (Fsp3) is 0.545. The fourth-order valence-corrected chi connectivity index (χ4v) is 4.47. The number of nitrogens with one attached hydrogen (secondary N) is 1. The van der Waals surface area contributed by atoms with Crippen LogP contribution in [0.4, 0.5) is 0 Å². The van der Waals surface area contributed by atoms with Crippen LogP contribution in [0.15, 0.2) is 29.4 Å². The van der Waals surface area contributed by atoms with Gasteiger partial charge in [0.25, 0.3) is 0 Å². The summed E-state index contributed by atoms with van der Waals surface area (Å²) >= 11 is 1.80. The quantitative estimate of drug-likeness (QED) is 0.512. The minimum atomic E-state index is 0.851. The van der Waals surface area contributed by atoms with E-state index in [-0.39, 0.29) is 0 Å². The summed E-state index contributed by atoms with van der Waals surface area (Å²) in [6.07, 6.45) is 3.98. The van der Waals surface area contributed by atoms with Crippen molar-refractivity contribution in [2.24, 2.45) is 4.99 Å². The molecule has 2 aromatic rings. The summed E-state index contributed by atoms with van der Waals surface area (Å²) in [4.78, 5) is 15.1. The first-order valence-electron chi connectivity index (χ1n) is 10.5. The monoisotopic (exact) mass is 431 g/mol. The van der Waals surface area contributed by atoms with Crippen LogP contribution in [0.5, 0.6) is 11.5 Å². The largest absolute Gasteiger partial charge is 0.497 e. The summed E-state index contributed by atoms with van der Waals surface area (Å²) in [6.45, 7) is 7.73. The molecule has 0 saturated carbocycles. The predicted molar refractivity (Wildman–Crippen MR) is 123 cm³/mol. The molecule has 7 nitrogen and oxygen atoms in total. The second kappa shape index (κ2) is 11.2. The number of methoxy groups -OCH3 is 2. The summed E-state index contributed by atoms with van der Waals surface area (Å²) in [5, 5.41) is 4.69. The molecule has 2 heterocycles. The van der Waals surface area contributed by atoms with Crippen molar-refractivity contribution in [2.45, 2.75) is 26.3 Å². The van der Waals surface area contributed by atoms with Crippen LogP contribution in [0.1, 0.15) is 22.4 Å². The molecular formula is C22H33N5O2S. The standard InChI is InChI=1S/C22H33N5O2S/c1-5-19-15-25-21(30-19)8-9-24-22(23-2)27-12-10-26(11-13-27)16-17-14-18(28-3)6-7-20(17)29-4/h6-7,14-15H,5,8-13,16H2,1-4H3,(H,23,24). The third kappa shape index (κ3) is 5.86. The number of nitrogens with zero attached hydrogens (tertiary/aromatic N) is 4. The normalized spacial score (nSPS) is 15.3. The smallest absolute Gasteiger partial charge is 0.193 e. The summed E-state index contributed by atoms with van der Waals surface area (Å²) in [5.74, 6) is 2.74. The Bertz CT molecular complexity index is 831. The van der Waals surface area contributed by atoms with Crippen molar-refractivity contribution < 1.29 is 9.47 Å². The zero-order valence-electron chi connectivity index (χ0n) is 18.5. The van der Waals surface area contributed by atoms with Crippen LogP contribution in [0.3, 0.4) is 0 Å². The average molecular weight is 432 g/mol. The molecule has 1 aromatic carbocycles. The minimum absolute atomic E-state index is 0.851. The Hall–Kier alpha value is -2.32. The lowest BCUT2D eigenvalue weighted by Gasteiger charge is -2.36. The van der Waals surface area contributed by atoms with Gasteiger partial charge in [0.15, 0.2) is 5.96 Å². The Morgan fingerprint density at radius 3 is 2.63 bits per heavy atom. The molecule has 0 amide bonds. The van der Waals surface area contributed by atoms with E-state index in [2.05, 4.69) is 38.1 Å². The summed E-state index contributed by atoms with van der Waals surface area (Å²) < 4.78 is 10.9.